The molecule has 1 saturated heterocycles. The molecule has 30 heavy (non-hydrogen) atoms. The fourth-order valence-electron chi connectivity index (χ4n) is 3.79. The summed E-state index contributed by atoms with van der Waals surface area (Å²) in [7, 11) is 0. The molecule has 3 aromatic heterocycles. The second-order valence-electron chi connectivity index (χ2n) is 7.41. The van der Waals surface area contributed by atoms with Gasteiger partial charge in [-0.25, -0.2) is 9.97 Å². The fraction of sp³-hybridized carbons (Fsp3) is 0.318. The van der Waals surface area contributed by atoms with E-state index in [1.54, 1.807) is 22.2 Å². The Bertz CT molecular complexity index is 1220. The lowest BCUT2D eigenvalue weighted by molar-refractivity contribution is 0.0954. The van der Waals surface area contributed by atoms with Gasteiger partial charge in [0.15, 0.2) is 10.1 Å². The molecule has 0 amide bonds. The van der Waals surface area contributed by atoms with Crippen LogP contribution in [0.25, 0.3) is 16.2 Å². The number of hydrogen-bond donors (Lipinski definition) is 0. The van der Waals surface area contributed by atoms with Crippen LogP contribution in [-0.2, 0) is 17.0 Å². The second kappa shape index (κ2) is 8.37. The van der Waals surface area contributed by atoms with Crippen molar-refractivity contribution >= 4 is 28.1 Å². The Balaban J connectivity index is 1.43. The highest BCUT2D eigenvalue weighted by Crippen LogP contribution is 2.29. The van der Waals surface area contributed by atoms with Crippen LogP contribution in [-0.4, -0.2) is 31.6 Å². The van der Waals surface area contributed by atoms with Crippen molar-refractivity contribution in [2.45, 2.75) is 43.3 Å². The lowest BCUT2D eigenvalue weighted by Gasteiger charge is -2.16. The molecule has 0 N–H and O–H groups in total. The normalized spacial score (nSPS) is 16.5. The summed E-state index contributed by atoms with van der Waals surface area (Å²) in [5.74, 6) is 0.597. The highest BCUT2D eigenvalue weighted by molar-refractivity contribution is 7.98. The number of ether oxygens (including phenoxy) is 1. The Morgan fingerprint density at radius 3 is 2.97 bits per heavy atom. The summed E-state index contributed by atoms with van der Waals surface area (Å²) >= 11 is 3.11. The number of fused-ring (bicyclic) bond motifs is 1. The average Bonchev–Trinajstić information content (AvgIpc) is 3.49. The fourth-order valence-corrected chi connectivity index (χ4v) is 5.57. The smallest absolute Gasteiger partial charge is 0.258 e. The molecule has 1 aliphatic rings. The Kier molecular flexibility index (Phi) is 5.45. The van der Waals surface area contributed by atoms with Crippen LogP contribution in [0.2, 0.25) is 0 Å². The summed E-state index contributed by atoms with van der Waals surface area (Å²) in [5.41, 5.74) is 3.90. The summed E-state index contributed by atoms with van der Waals surface area (Å²) < 4.78 is 9.79. The van der Waals surface area contributed by atoms with Gasteiger partial charge in [0.05, 0.1) is 30.2 Å². The van der Waals surface area contributed by atoms with Gasteiger partial charge < -0.3 is 9.30 Å². The van der Waals surface area contributed by atoms with Crippen LogP contribution in [0.1, 0.15) is 24.2 Å². The Morgan fingerprint density at radius 1 is 1.30 bits per heavy atom. The number of aryl methyl sites for hydroxylation is 1. The van der Waals surface area contributed by atoms with Gasteiger partial charge in [0.25, 0.3) is 5.56 Å². The molecule has 1 aliphatic heterocycles. The molecule has 8 heteroatoms. The maximum Gasteiger partial charge on any atom is 0.258 e. The lowest BCUT2D eigenvalue weighted by Crippen LogP contribution is -2.17. The molecular formula is C22H22N4O2S2. The highest BCUT2D eigenvalue weighted by atomic mass is 32.2. The van der Waals surface area contributed by atoms with E-state index in [0.717, 1.165) is 58.8 Å². The van der Waals surface area contributed by atoms with Gasteiger partial charge in [-0.2, -0.15) is 0 Å². The SMILES string of the molecule is Cc1csc2nc(CSc3ncc(-c4ccccc4)n3CC3CCCO3)cc(=O)n12. The van der Waals surface area contributed by atoms with E-state index in [4.69, 9.17) is 9.72 Å². The van der Waals surface area contributed by atoms with Crippen molar-refractivity contribution in [1.82, 2.24) is 18.9 Å². The zero-order valence-corrected chi connectivity index (χ0v) is 18.3. The number of thioether (sulfide) groups is 1. The quantitative estimate of drug-likeness (QED) is 0.418. The number of hydrogen-bond acceptors (Lipinski definition) is 6. The van der Waals surface area contributed by atoms with E-state index in [2.05, 4.69) is 21.7 Å². The van der Waals surface area contributed by atoms with E-state index in [0.29, 0.717) is 5.75 Å². The molecule has 1 atom stereocenters. The number of rotatable bonds is 6. The predicted octanol–water partition coefficient (Wildman–Crippen LogP) is 4.40. The van der Waals surface area contributed by atoms with E-state index >= 15 is 0 Å². The van der Waals surface area contributed by atoms with Crippen molar-refractivity contribution in [3.63, 3.8) is 0 Å². The largest absolute Gasteiger partial charge is 0.376 e. The lowest BCUT2D eigenvalue weighted by atomic mass is 10.1. The molecule has 1 aromatic carbocycles. The predicted molar refractivity (Wildman–Crippen MR) is 120 cm³/mol. The zero-order chi connectivity index (χ0) is 20.5. The third-order valence-electron chi connectivity index (χ3n) is 5.28. The zero-order valence-electron chi connectivity index (χ0n) is 16.7. The first-order chi connectivity index (χ1) is 14.7. The van der Waals surface area contributed by atoms with Crippen molar-refractivity contribution in [3.05, 3.63) is 69.7 Å². The maximum absolute atomic E-state index is 12.5. The van der Waals surface area contributed by atoms with E-state index < -0.39 is 0 Å². The summed E-state index contributed by atoms with van der Waals surface area (Å²) in [6, 6.07) is 11.9. The van der Waals surface area contributed by atoms with Crippen molar-refractivity contribution < 1.29 is 4.74 Å². The number of benzene rings is 1. The van der Waals surface area contributed by atoms with Crippen molar-refractivity contribution in [2.75, 3.05) is 6.61 Å². The number of thiazole rings is 1. The van der Waals surface area contributed by atoms with Gasteiger partial charge >= 0.3 is 0 Å². The van der Waals surface area contributed by atoms with Crippen molar-refractivity contribution in [2.24, 2.45) is 0 Å². The summed E-state index contributed by atoms with van der Waals surface area (Å²) in [6.45, 7) is 3.54. The van der Waals surface area contributed by atoms with Crippen molar-refractivity contribution in [1.29, 1.82) is 0 Å². The molecule has 0 spiro atoms. The van der Waals surface area contributed by atoms with Gasteiger partial charge in [-0.05, 0) is 25.3 Å². The number of aromatic nitrogens is 4. The Hall–Kier alpha value is -2.42. The first kappa shape index (κ1) is 19.5. The molecular weight excluding hydrogens is 416 g/mol. The highest BCUT2D eigenvalue weighted by Gasteiger charge is 2.21. The summed E-state index contributed by atoms with van der Waals surface area (Å²) in [6.07, 6.45) is 4.33. The minimum Gasteiger partial charge on any atom is -0.376 e. The third kappa shape index (κ3) is 3.82. The van der Waals surface area contributed by atoms with Gasteiger partial charge in [-0.1, -0.05) is 42.1 Å². The van der Waals surface area contributed by atoms with Crippen LogP contribution in [0, 0.1) is 6.92 Å². The molecule has 5 rings (SSSR count). The second-order valence-corrected chi connectivity index (χ2v) is 9.19. The maximum atomic E-state index is 12.5. The first-order valence-electron chi connectivity index (χ1n) is 10.0. The standard InChI is InChI=1S/C22H22N4O2S2/c1-15-13-29-22-24-17(10-20(27)26(15)22)14-30-21-23-11-19(16-6-3-2-4-7-16)25(21)12-18-8-5-9-28-18/h2-4,6-7,10-11,13,18H,5,8-9,12,14H2,1H3. The molecule has 1 unspecified atom stereocenters. The van der Waals surface area contributed by atoms with Gasteiger partial charge in [0, 0.05) is 29.5 Å². The number of imidazole rings is 1. The molecule has 154 valence electrons. The monoisotopic (exact) mass is 438 g/mol. The molecule has 0 saturated carbocycles. The van der Waals surface area contributed by atoms with Crippen LogP contribution in [0.4, 0.5) is 0 Å². The van der Waals surface area contributed by atoms with Crippen LogP contribution < -0.4 is 5.56 Å². The van der Waals surface area contributed by atoms with E-state index in [-0.39, 0.29) is 11.7 Å². The molecule has 6 nitrogen and oxygen atoms in total. The molecule has 4 heterocycles. The summed E-state index contributed by atoms with van der Waals surface area (Å²) in [5, 5.41) is 2.88. The van der Waals surface area contributed by atoms with Crippen molar-refractivity contribution in [3.8, 4) is 11.3 Å². The average molecular weight is 439 g/mol. The third-order valence-corrected chi connectivity index (χ3v) is 7.24. The van der Waals surface area contributed by atoms with Crippen LogP contribution in [0.3, 0.4) is 0 Å². The van der Waals surface area contributed by atoms with E-state index in [1.165, 1.54) is 11.3 Å². The molecule has 1 fully saturated rings. The minimum atomic E-state index is -0.0259. The van der Waals surface area contributed by atoms with Gasteiger partial charge in [-0.15, -0.1) is 11.3 Å². The van der Waals surface area contributed by atoms with Gasteiger partial charge in [-0.3, -0.25) is 9.20 Å². The Morgan fingerprint density at radius 2 is 2.17 bits per heavy atom. The molecule has 4 aromatic rings. The minimum absolute atomic E-state index is 0.0259. The molecule has 0 radical (unpaired) electrons. The Labute approximate surface area is 182 Å². The van der Waals surface area contributed by atoms with Crippen LogP contribution in [0.15, 0.2) is 57.9 Å². The molecule has 0 aliphatic carbocycles. The van der Waals surface area contributed by atoms with E-state index in [1.807, 2.05) is 36.7 Å². The molecule has 0 bridgehead atoms. The summed E-state index contributed by atoms with van der Waals surface area (Å²) in [4.78, 5) is 22.6. The van der Waals surface area contributed by atoms with Crippen LogP contribution >= 0.6 is 23.1 Å². The van der Waals surface area contributed by atoms with Gasteiger partial charge in [0.2, 0.25) is 0 Å². The first-order valence-corrected chi connectivity index (χ1v) is 11.9. The van der Waals surface area contributed by atoms with E-state index in [9.17, 15) is 4.79 Å². The topological polar surface area (TPSA) is 61.4 Å². The van der Waals surface area contributed by atoms with Gasteiger partial charge in [0.1, 0.15) is 0 Å². The number of nitrogens with zero attached hydrogens (tertiary/aromatic N) is 4. The van der Waals surface area contributed by atoms with Crippen LogP contribution in [0.5, 0.6) is 0 Å².